The first-order valence-electron chi connectivity index (χ1n) is 6.28. The number of aromatic nitrogens is 1. The van der Waals surface area contributed by atoms with Crippen LogP contribution in [0.5, 0.6) is 0 Å². The Morgan fingerprint density at radius 1 is 1.28 bits per heavy atom. The molecule has 0 aliphatic heterocycles. The van der Waals surface area contributed by atoms with Gasteiger partial charge in [-0.3, -0.25) is 0 Å². The molecule has 0 amide bonds. The van der Waals surface area contributed by atoms with Crippen LogP contribution < -0.4 is 10.9 Å². The zero-order chi connectivity index (χ0) is 13.1. The maximum Gasteiger partial charge on any atom is 0.348 e. The summed E-state index contributed by atoms with van der Waals surface area (Å²) in [5.41, 5.74) is 2.30. The van der Waals surface area contributed by atoms with Crippen LogP contribution in [0.15, 0.2) is 21.3 Å². The summed E-state index contributed by atoms with van der Waals surface area (Å²) >= 11 is 0. The van der Waals surface area contributed by atoms with E-state index < -0.39 is 0 Å². The number of nitrogens with zero attached hydrogens (tertiary/aromatic N) is 1. The van der Waals surface area contributed by atoms with Gasteiger partial charge in [0.1, 0.15) is 0 Å². The minimum atomic E-state index is -0.319. The van der Waals surface area contributed by atoms with Gasteiger partial charge in [-0.05, 0) is 31.4 Å². The van der Waals surface area contributed by atoms with Gasteiger partial charge in [-0.25, -0.2) is 4.79 Å². The van der Waals surface area contributed by atoms with Gasteiger partial charge in [-0.1, -0.05) is 25.5 Å². The summed E-state index contributed by atoms with van der Waals surface area (Å²) in [7, 11) is 0. The van der Waals surface area contributed by atoms with Gasteiger partial charge in [-0.2, -0.15) is 4.98 Å². The molecule has 0 radical (unpaired) electrons. The molecule has 1 aromatic heterocycles. The fourth-order valence-electron chi connectivity index (χ4n) is 1.91. The molecular weight excluding hydrogens is 228 g/mol. The minimum Gasteiger partial charge on any atom is -0.389 e. The van der Waals surface area contributed by atoms with Crippen LogP contribution >= 0.6 is 0 Å². The summed E-state index contributed by atoms with van der Waals surface area (Å²) in [5, 5.41) is 3.63. The molecule has 0 aliphatic rings. The van der Waals surface area contributed by atoms with E-state index in [4.69, 9.17) is 4.42 Å². The van der Waals surface area contributed by atoms with E-state index >= 15 is 0 Å². The molecule has 0 spiro atoms. The highest BCUT2D eigenvalue weighted by atomic mass is 16.4. The highest BCUT2D eigenvalue weighted by molar-refractivity contribution is 5.84. The third-order valence-corrected chi connectivity index (χ3v) is 3.00. The summed E-state index contributed by atoms with van der Waals surface area (Å²) < 4.78 is 5.20. The molecule has 0 bridgehead atoms. The summed E-state index contributed by atoms with van der Waals surface area (Å²) in [6.07, 6.45) is 2.11. The van der Waals surface area contributed by atoms with Crippen LogP contribution in [0.25, 0.3) is 10.9 Å². The van der Waals surface area contributed by atoms with Crippen molar-refractivity contribution in [1.29, 1.82) is 0 Å². The molecule has 0 unspecified atom stereocenters. The normalized spacial score (nSPS) is 10.8. The standard InChI is InChI=1S/C14H18N2O2/c1-4-5-8-15-14-16-12-10(3)7-6-9(2)11(12)13(17)18-14/h6-7H,4-5,8H2,1-3H3,(H,15,16). The summed E-state index contributed by atoms with van der Waals surface area (Å²) in [6, 6.07) is 4.20. The lowest BCUT2D eigenvalue weighted by atomic mass is 10.1. The highest BCUT2D eigenvalue weighted by Gasteiger charge is 2.10. The number of unbranched alkanes of at least 4 members (excludes halogenated alkanes) is 1. The molecule has 96 valence electrons. The van der Waals surface area contributed by atoms with E-state index in [2.05, 4.69) is 17.2 Å². The molecule has 0 atom stereocenters. The summed E-state index contributed by atoms with van der Waals surface area (Å²) in [5.74, 6) is 0. The number of fused-ring (bicyclic) bond motifs is 1. The number of benzene rings is 1. The summed E-state index contributed by atoms with van der Waals surface area (Å²) in [6.45, 7) is 6.72. The van der Waals surface area contributed by atoms with Crippen LogP contribution in [0.3, 0.4) is 0 Å². The Morgan fingerprint density at radius 3 is 2.72 bits per heavy atom. The Hall–Kier alpha value is -1.84. The van der Waals surface area contributed by atoms with Gasteiger partial charge >= 0.3 is 5.63 Å². The molecule has 2 rings (SSSR count). The lowest BCUT2D eigenvalue weighted by Gasteiger charge is -2.07. The molecule has 1 N–H and O–H groups in total. The average Bonchev–Trinajstić information content (AvgIpc) is 2.34. The Balaban J connectivity index is 2.48. The lowest BCUT2D eigenvalue weighted by Crippen LogP contribution is -2.10. The van der Waals surface area contributed by atoms with Crippen molar-refractivity contribution in [3.8, 4) is 0 Å². The fourth-order valence-corrected chi connectivity index (χ4v) is 1.91. The van der Waals surface area contributed by atoms with Crippen molar-refractivity contribution in [1.82, 2.24) is 4.98 Å². The molecule has 18 heavy (non-hydrogen) atoms. The van der Waals surface area contributed by atoms with E-state index in [0.29, 0.717) is 11.4 Å². The molecule has 0 saturated carbocycles. The number of nitrogens with one attached hydrogen (secondary N) is 1. The second-order valence-corrected chi connectivity index (χ2v) is 4.51. The molecule has 4 nitrogen and oxygen atoms in total. The SMILES string of the molecule is CCCCNc1nc2c(C)ccc(C)c2c(=O)o1. The number of hydrogen-bond donors (Lipinski definition) is 1. The smallest absolute Gasteiger partial charge is 0.348 e. The quantitative estimate of drug-likeness (QED) is 0.842. The third kappa shape index (κ3) is 2.37. The number of rotatable bonds is 4. The summed E-state index contributed by atoms with van der Waals surface area (Å²) in [4.78, 5) is 16.3. The largest absolute Gasteiger partial charge is 0.389 e. The predicted molar refractivity (Wildman–Crippen MR) is 73.2 cm³/mol. The lowest BCUT2D eigenvalue weighted by molar-refractivity contribution is 0.515. The first kappa shape index (κ1) is 12.6. The molecule has 0 saturated heterocycles. The molecular formula is C14H18N2O2. The van der Waals surface area contributed by atoms with E-state index in [0.717, 1.165) is 36.0 Å². The molecule has 0 aliphatic carbocycles. The predicted octanol–water partition coefficient (Wildman–Crippen LogP) is 3.02. The fraction of sp³-hybridized carbons (Fsp3) is 0.429. The zero-order valence-electron chi connectivity index (χ0n) is 11.0. The van der Waals surface area contributed by atoms with Gasteiger partial charge in [0, 0.05) is 6.54 Å². The van der Waals surface area contributed by atoms with Gasteiger partial charge in [0.15, 0.2) is 0 Å². The first-order valence-corrected chi connectivity index (χ1v) is 6.28. The van der Waals surface area contributed by atoms with Gasteiger partial charge in [-0.15, -0.1) is 0 Å². The Kier molecular flexibility index (Phi) is 3.65. The van der Waals surface area contributed by atoms with Crippen molar-refractivity contribution < 1.29 is 4.42 Å². The second kappa shape index (κ2) is 5.21. The maximum absolute atomic E-state index is 12.0. The van der Waals surface area contributed by atoms with E-state index in [-0.39, 0.29) is 5.63 Å². The molecule has 0 fully saturated rings. The topological polar surface area (TPSA) is 55.1 Å². The van der Waals surface area contributed by atoms with Crippen LogP contribution in [0.2, 0.25) is 0 Å². The monoisotopic (exact) mass is 246 g/mol. The van der Waals surface area contributed by atoms with Crippen molar-refractivity contribution in [2.75, 3.05) is 11.9 Å². The van der Waals surface area contributed by atoms with E-state index in [1.807, 2.05) is 26.0 Å². The van der Waals surface area contributed by atoms with Crippen LogP contribution in [-0.4, -0.2) is 11.5 Å². The Bertz CT molecular complexity index is 617. The van der Waals surface area contributed by atoms with Crippen molar-refractivity contribution in [3.63, 3.8) is 0 Å². The molecule has 1 aromatic carbocycles. The van der Waals surface area contributed by atoms with Gasteiger partial charge in [0.25, 0.3) is 6.01 Å². The Labute approximate surface area is 106 Å². The second-order valence-electron chi connectivity index (χ2n) is 4.51. The number of aryl methyl sites for hydroxylation is 2. The van der Waals surface area contributed by atoms with Crippen LogP contribution in [0.4, 0.5) is 6.01 Å². The van der Waals surface area contributed by atoms with Crippen LogP contribution in [0, 0.1) is 13.8 Å². The first-order chi connectivity index (χ1) is 8.63. The molecule has 2 aromatic rings. The molecule has 1 heterocycles. The average molecular weight is 246 g/mol. The van der Waals surface area contributed by atoms with Crippen molar-refractivity contribution in [2.24, 2.45) is 0 Å². The number of hydrogen-bond acceptors (Lipinski definition) is 4. The van der Waals surface area contributed by atoms with Crippen LogP contribution in [0.1, 0.15) is 30.9 Å². The number of anilines is 1. The van der Waals surface area contributed by atoms with Crippen molar-refractivity contribution in [3.05, 3.63) is 33.7 Å². The maximum atomic E-state index is 12.0. The van der Waals surface area contributed by atoms with Gasteiger partial charge in [0.2, 0.25) is 0 Å². The van der Waals surface area contributed by atoms with Crippen molar-refractivity contribution in [2.45, 2.75) is 33.6 Å². The highest BCUT2D eigenvalue weighted by Crippen LogP contribution is 2.18. The Morgan fingerprint density at radius 2 is 2.00 bits per heavy atom. The van der Waals surface area contributed by atoms with Crippen LogP contribution in [-0.2, 0) is 0 Å². The third-order valence-electron chi connectivity index (χ3n) is 3.00. The molecule has 4 heteroatoms. The minimum absolute atomic E-state index is 0.314. The van der Waals surface area contributed by atoms with E-state index in [1.54, 1.807) is 0 Å². The van der Waals surface area contributed by atoms with E-state index in [9.17, 15) is 4.79 Å². The van der Waals surface area contributed by atoms with Gasteiger partial charge < -0.3 is 9.73 Å². The van der Waals surface area contributed by atoms with Crippen molar-refractivity contribution >= 4 is 16.9 Å². The zero-order valence-corrected chi connectivity index (χ0v) is 11.0. The van der Waals surface area contributed by atoms with Gasteiger partial charge in [0.05, 0.1) is 10.9 Å². The van der Waals surface area contributed by atoms with E-state index in [1.165, 1.54) is 0 Å².